The van der Waals surface area contributed by atoms with E-state index in [1.54, 1.807) is 18.1 Å². The van der Waals surface area contributed by atoms with Gasteiger partial charge in [-0.15, -0.1) is 5.10 Å². The third kappa shape index (κ3) is 3.75. The molecule has 0 aliphatic carbocycles. The summed E-state index contributed by atoms with van der Waals surface area (Å²) in [7, 11) is 1.79. The van der Waals surface area contributed by atoms with Crippen molar-refractivity contribution in [3.8, 4) is 11.9 Å². The van der Waals surface area contributed by atoms with E-state index in [-0.39, 0.29) is 0 Å². The number of nitrogens with zero attached hydrogens (tertiary/aromatic N) is 4. The van der Waals surface area contributed by atoms with E-state index >= 15 is 0 Å². The predicted octanol–water partition coefficient (Wildman–Crippen LogP) is 1.81. The largest absolute Gasteiger partial charge is 0.404 e. The molecule has 0 unspecified atom stereocenters. The first-order chi connectivity index (χ1) is 9.04. The summed E-state index contributed by atoms with van der Waals surface area (Å²) in [6.07, 6.45) is 1.59. The third-order valence-corrected chi connectivity index (χ3v) is 2.64. The van der Waals surface area contributed by atoms with Gasteiger partial charge in [-0.1, -0.05) is 19.9 Å². The molecule has 0 atom stereocenters. The second kappa shape index (κ2) is 5.79. The number of nitrogens with one attached hydrogen (secondary N) is 1. The van der Waals surface area contributed by atoms with Gasteiger partial charge in [-0.3, -0.25) is 4.68 Å². The lowest BCUT2D eigenvalue weighted by molar-refractivity contribution is 0.421. The fourth-order valence-corrected chi connectivity index (χ4v) is 1.58. The van der Waals surface area contributed by atoms with E-state index in [4.69, 9.17) is 4.74 Å². The van der Waals surface area contributed by atoms with Gasteiger partial charge in [0.15, 0.2) is 0 Å². The molecule has 6 heteroatoms. The zero-order valence-corrected chi connectivity index (χ0v) is 11.7. The Morgan fingerprint density at radius 2 is 2.16 bits per heavy atom. The second-order valence-electron chi connectivity index (χ2n) is 4.73. The Morgan fingerprint density at radius 3 is 2.74 bits per heavy atom. The number of ether oxygens (including phenoxy) is 1. The van der Waals surface area contributed by atoms with Crippen LogP contribution in [0.2, 0.25) is 0 Å². The molecule has 102 valence electrons. The molecule has 0 aromatic carbocycles. The maximum absolute atomic E-state index is 5.49. The van der Waals surface area contributed by atoms with Crippen LogP contribution in [-0.2, 0) is 13.6 Å². The highest BCUT2D eigenvalue weighted by Crippen LogP contribution is 2.17. The molecule has 0 radical (unpaired) electrons. The molecule has 0 bridgehead atoms. The molecule has 6 nitrogen and oxygen atoms in total. The minimum Gasteiger partial charge on any atom is -0.404 e. The molecule has 0 aliphatic heterocycles. The van der Waals surface area contributed by atoms with Crippen LogP contribution in [-0.4, -0.2) is 25.8 Å². The number of aromatic nitrogens is 4. The zero-order chi connectivity index (χ0) is 13.8. The maximum Gasteiger partial charge on any atom is 0.342 e. The van der Waals surface area contributed by atoms with Gasteiger partial charge < -0.3 is 10.1 Å². The van der Waals surface area contributed by atoms with Crippen LogP contribution in [0.4, 0.5) is 0 Å². The molecule has 2 rings (SSSR count). The van der Waals surface area contributed by atoms with Crippen LogP contribution in [0.5, 0.6) is 11.9 Å². The lowest BCUT2D eigenvalue weighted by Gasteiger charge is -2.10. The van der Waals surface area contributed by atoms with E-state index in [1.807, 2.05) is 19.1 Å². The van der Waals surface area contributed by atoms with Crippen molar-refractivity contribution in [3.63, 3.8) is 0 Å². The monoisotopic (exact) mass is 261 g/mol. The highest BCUT2D eigenvalue weighted by atomic mass is 16.5. The molecule has 2 aromatic rings. The minimum absolute atomic E-state index is 0.308. The van der Waals surface area contributed by atoms with Gasteiger partial charge in [0, 0.05) is 31.4 Å². The van der Waals surface area contributed by atoms with E-state index in [2.05, 4.69) is 34.2 Å². The molecular weight excluding hydrogens is 242 g/mol. The minimum atomic E-state index is 0.308. The number of pyridine rings is 1. The van der Waals surface area contributed by atoms with Gasteiger partial charge in [0.05, 0.1) is 0 Å². The Morgan fingerprint density at radius 1 is 1.37 bits per heavy atom. The Hall–Kier alpha value is -1.95. The Bertz CT molecular complexity index is 550. The number of aryl methyl sites for hydroxylation is 2. The van der Waals surface area contributed by atoms with E-state index in [1.165, 1.54) is 0 Å². The van der Waals surface area contributed by atoms with Gasteiger partial charge in [-0.25, -0.2) is 4.98 Å². The molecule has 0 aliphatic rings. The van der Waals surface area contributed by atoms with E-state index < -0.39 is 0 Å². The molecular formula is C13H19N5O. The van der Waals surface area contributed by atoms with Crippen LogP contribution in [0.1, 0.15) is 25.1 Å². The fourth-order valence-electron chi connectivity index (χ4n) is 1.58. The van der Waals surface area contributed by atoms with Gasteiger partial charge in [-0.05, 0) is 12.5 Å². The highest BCUT2D eigenvalue weighted by molar-refractivity contribution is 5.26. The highest BCUT2D eigenvalue weighted by Gasteiger charge is 2.06. The van der Waals surface area contributed by atoms with Crippen molar-refractivity contribution in [3.05, 3.63) is 29.7 Å². The van der Waals surface area contributed by atoms with Crippen LogP contribution < -0.4 is 10.1 Å². The first-order valence-electron chi connectivity index (χ1n) is 6.28. The van der Waals surface area contributed by atoms with Gasteiger partial charge in [0.25, 0.3) is 0 Å². The normalized spacial score (nSPS) is 11.0. The summed E-state index contributed by atoms with van der Waals surface area (Å²) in [5.41, 5.74) is 2.11. The van der Waals surface area contributed by atoms with Gasteiger partial charge in [0.2, 0.25) is 5.88 Å². The quantitative estimate of drug-likeness (QED) is 0.889. The fraction of sp³-hybridized carbons (Fsp3) is 0.462. The average Bonchev–Trinajstić information content (AvgIpc) is 2.73. The van der Waals surface area contributed by atoms with Crippen molar-refractivity contribution in [1.29, 1.82) is 0 Å². The summed E-state index contributed by atoms with van der Waals surface area (Å²) < 4.78 is 7.07. The zero-order valence-electron chi connectivity index (χ0n) is 11.7. The van der Waals surface area contributed by atoms with E-state index in [9.17, 15) is 0 Å². The van der Waals surface area contributed by atoms with Gasteiger partial charge >= 0.3 is 6.01 Å². The SMILES string of the molecule is Cc1nc(Oc2ncn(C)n2)ccc1CNC(C)C. The number of hydrogen-bond donors (Lipinski definition) is 1. The summed E-state index contributed by atoms with van der Waals surface area (Å²) in [6.45, 7) is 7.01. The topological polar surface area (TPSA) is 64.9 Å². The summed E-state index contributed by atoms with van der Waals surface area (Å²) in [6, 6.07) is 4.60. The van der Waals surface area contributed by atoms with Gasteiger partial charge in [-0.2, -0.15) is 4.98 Å². The molecule has 0 fully saturated rings. The molecule has 2 heterocycles. The van der Waals surface area contributed by atoms with Crippen molar-refractivity contribution >= 4 is 0 Å². The summed E-state index contributed by atoms with van der Waals surface area (Å²) in [5, 5.41) is 7.41. The molecule has 1 N–H and O–H groups in total. The summed E-state index contributed by atoms with van der Waals surface area (Å²) >= 11 is 0. The van der Waals surface area contributed by atoms with Crippen LogP contribution in [0, 0.1) is 6.92 Å². The summed E-state index contributed by atoms with van der Waals surface area (Å²) in [5.74, 6) is 0.511. The van der Waals surface area contributed by atoms with Gasteiger partial charge in [0.1, 0.15) is 6.33 Å². The Labute approximate surface area is 112 Å². The second-order valence-corrected chi connectivity index (χ2v) is 4.73. The molecule has 0 saturated carbocycles. The predicted molar refractivity (Wildman–Crippen MR) is 72.0 cm³/mol. The third-order valence-electron chi connectivity index (χ3n) is 2.64. The lowest BCUT2D eigenvalue weighted by atomic mass is 10.2. The Balaban J connectivity index is 2.06. The smallest absolute Gasteiger partial charge is 0.342 e. The lowest BCUT2D eigenvalue weighted by Crippen LogP contribution is -2.22. The number of rotatable bonds is 5. The average molecular weight is 261 g/mol. The first-order valence-corrected chi connectivity index (χ1v) is 6.28. The number of hydrogen-bond acceptors (Lipinski definition) is 5. The molecule has 0 saturated heterocycles. The van der Waals surface area contributed by atoms with Crippen molar-refractivity contribution in [2.75, 3.05) is 0 Å². The van der Waals surface area contributed by atoms with Crippen LogP contribution in [0.3, 0.4) is 0 Å². The maximum atomic E-state index is 5.49. The van der Waals surface area contributed by atoms with Crippen molar-refractivity contribution in [2.24, 2.45) is 7.05 Å². The van der Waals surface area contributed by atoms with E-state index in [0.29, 0.717) is 17.9 Å². The van der Waals surface area contributed by atoms with Crippen molar-refractivity contribution in [1.82, 2.24) is 25.1 Å². The van der Waals surface area contributed by atoms with Crippen LogP contribution >= 0.6 is 0 Å². The molecule has 2 aromatic heterocycles. The van der Waals surface area contributed by atoms with Crippen molar-refractivity contribution < 1.29 is 4.74 Å². The Kier molecular flexibility index (Phi) is 4.11. The molecule has 19 heavy (non-hydrogen) atoms. The van der Waals surface area contributed by atoms with E-state index in [0.717, 1.165) is 17.8 Å². The molecule has 0 spiro atoms. The van der Waals surface area contributed by atoms with Crippen molar-refractivity contribution in [2.45, 2.75) is 33.4 Å². The standard InChI is InChI=1S/C13H19N5O/c1-9(2)14-7-11-5-6-12(16-10(11)3)19-13-15-8-18(4)17-13/h5-6,8-9,14H,7H2,1-4H3. The summed E-state index contributed by atoms with van der Waals surface area (Å²) in [4.78, 5) is 8.40. The van der Waals surface area contributed by atoms with Crippen LogP contribution in [0.15, 0.2) is 18.5 Å². The molecule has 0 amide bonds. The first kappa shape index (κ1) is 13.5. The van der Waals surface area contributed by atoms with Crippen LogP contribution in [0.25, 0.3) is 0 Å².